The normalized spacial score (nSPS) is 13.9. The molecule has 0 unspecified atom stereocenters. The van der Waals surface area contributed by atoms with E-state index in [0.717, 1.165) is 25.9 Å². The minimum absolute atomic E-state index is 0.0280. The molecule has 2 N–H and O–H groups in total. The Morgan fingerprint density at radius 1 is 1.10 bits per heavy atom. The molecule has 6 nitrogen and oxygen atoms in total. The summed E-state index contributed by atoms with van der Waals surface area (Å²) >= 11 is 0. The van der Waals surface area contributed by atoms with E-state index in [-0.39, 0.29) is 24.1 Å². The summed E-state index contributed by atoms with van der Waals surface area (Å²) in [5.74, 6) is 0.450. The number of fused-ring (bicyclic) bond motifs is 2. The Balaban J connectivity index is 1.63. The Morgan fingerprint density at radius 3 is 2.66 bits per heavy atom. The van der Waals surface area contributed by atoms with Gasteiger partial charge in [0.05, 0.1) is 17.4 Å². The zero-order chi connectivity index (χ0) is 20.4. The molecule has 6 heteroatoms. The molecule has 1 aliphatic heterocycles. The van der Waals surface area contributed by atoms with E-state index in [4.69, 9.17) is 0 Å². The lowest BCUT2D eigenvalue weighted by Crippen LogP contribution is -2.37. The van der Waals surface area contributed by atoms with Crippen molar-refractivity contribution in [1.82, 2.24) is 20.2 Å². The Morgan fingerprint density at radius 2 is 1.86 bits per heavy atom. The van der Waals surface area contributed by atoms with Gasteiger partial charge in [-0.25, -0.2) is 4.98 Å². The van der Waals surface area contributed by atoms with Gasteiger partial charge in [-0.2, -0.15) is 0 Å². The number of H-pyrrole nitrogens is 1. The number of benzene rings is 2. The second kappa shape index (κ2) is 8.17. The van der Waals surface area contributed by atoms with E-state index in [9.17, 15) is 9.59 Å². The van der Waals surface area contributed by atoms with Gasteiger partial charge in [0.1, 0.15) is 5.82 Å². The summed E-state index contributed by atoms with van der Waals surface area (Å²) in [6, 6.07) is 13.2. The number of para-hydroxylation sites is 1. The van der Waals surface area contributed by atoms with Crippen molar-refractivity contribution in [2.45, 2.75) is 39.3 Å². The molecule has 150 valence electrons. The van der Waals surface area contributed by atoms with E-state index in [1.54, 1.807) is 11.0 Å². The van der Waals surface area contributed by atoms with Gasteiger partial charge in [0, 0.05) is 11.6 Å². The molecule has 0 fully saturated rings. The first kappa shape index (κ1) is 19.3. The summed E-state index contributed by atoms with van der Waals surface area (Å²) in [5, 5.41) is 3.95. The second-order valence-electron chi connectivity index (χ2n) is 7.79. The smallest absolute Gasteiger partial charge is 0.258 e. The molecule has 0 saturated heterocycles. The molecule has 2 heterocycles. The molecule has 3 aromatic rings. The zero-order valence-electron chi connectivity index (χ0n) is 16.9. The molecule has 4 rings (SSSR count). The second-order valence-corrected chi connectivity index (χ2v) is 7.79. The molecule has 29 heavy (non-hydrogen) atoms. The number of amides is 1. The molecule has 1 aliphatic rings. The first-order valence-corrected chi connectivity index (χ1v) is 10.1. The lowest BCUT2D eigenvalue weighted by molar-refractivity contribution is 0.0685. The largest absolute Gasteiger partial charge is 0.329 e. The van der Waals surface area contributed by atoms with Crippen molar-refractivity contribution in [3.8, 4) is 0 Å². The van der Waals surface area contributed by atoms with Gasteiger partial charge in [0.25, 0.3) is 11.5 Å². The monoisotopic (exact) mass is 390 g/mol. The van der Waals surface area contributed by atoms with E-state index < -0.39 is 0 Å². The third kappa shape index (κ3) is 4.07. The quantitative estimate of drug-likeness (QED) is 0.718. The van der Waals surface area contributed by atoms with Crippen LogP contribution in [0.4, 0.5) is 0 Å². The van der Waals surface area contributed by atoms with Crippen molar-refractivity contribution in [2.75, 3.05) is 13.1 Å². The van der Waals surface area contributed by atoms with Gasteiger partial charge in [-0.1, -0.05) is 18.2 Å². The standard InChI is InChI=1S/C23H26N4O2/c1-15(2)27(14-21-25-20-6-4-3-5-19(20)22(28)26-21)23(29)18-8-7-16-9-11-24-12-10-17(16)13-18/h3-8,13,15,24H,9-12,14H2,1-2H3,(H,25,26,28). The first-order valence-electron chi connectivity index (χ1n) is 10.1. The number of nitrogens with one attached hydrogen (secondary N) is 2. The Labute approximate surface area is 170 Å². The maximum absolute atomic E-state index is 13.3. The number of rotatable bonds is 4. The Hall–Kier alpha value is -2.99. The Kier molecular flexibility index (Phi) is 5.45. The number of aromatic nitrogens is 2. The molecule has 0 aliphatic carbocycles. The molecule has 2 aromatic carbocycles. The van der Waals surface area contributed by atoms with Crippen molar-refractivity contribution in [1.29, 1.82) is 0 Å². The molecular weight excluding hydrogens is 364 g/mol. The summed E-state index contributed by atoms with van der Waals surface area (Å²) in [7, 11) is 0. The zero-order valence-corrected chi connectivity index (χ0v) is 16.9. The highest BCUT2D eigenvalue weighted by molar-refractivity contribution is 5.94. The van der Waals surface area contributed by atoms with Crippen LogP contribution in [0, 0.1) is 0 Å². The van der Waals surface area contributed by atoms with Crippen molar-refractivity contribution < 1.29 is 4.79 Å². The Bertz CT molecular complexity index is 1100. The third-order valence-corrected chi connectivity index (χ3v) is 5.46. The van der Waals surface area contributed by atoms with Gasteiger partial charge in [0.15, 0.2) is 0 Å². The molecule has 0 bridgehead atoms. The van der Waals surface area contributed by atoms with Crippen molar-refractivity contribution in [3.05, 3.63) is 75.3 Å². The van der Waals surface area contributed by atoms with E-state index in [1.165, 1.54) is 11.1 Å². The number of aromatic amines is 1. The maximum Gasteiger partial charge on any atom is 0.258 e. The van der Waals surface area contributed by atoms with Gasteiger partial charge < -0.3 is 15.2 Å². The topological polar surface area (TPSA) is 78.1 Å². The number of hydrogen-bond acceptors (Lipinski definition) is 4. The highest BCUT2D eigenvalue weighted by Gasteiger charge is 2.22. The number of carbonyl (C=O) groups excluding carboxylic acids is 1. The molecule has 1 aromatic heterocycles. The number of nitrogens with zero attached hydrogens (tertiary/aromatic N) is 2. The average Bonchev–Trinajstić information content (AvgIpc) is 2.96. The third-order valence-electron chi connectivity index (χ3n) is 5.46. The van der Waals surface area contributed by atoms with Crippen molar-refractivity contribution in [3.63, 3.8) is 0 Å². The van der Waals surface area contributed by atoms with Crippen LogP contribution >= 0.6 is 0 Å². The minimum atomic E-state index is -0.181. The summed E-state index contributed by atoms with van der Waals surface area (Å²) in [6.07, 6.45) is 1.91. The van der Waals surface area contributed by atoms with Crippen LogP contribution in [0.3, 0.4) is 0 Å². The van der Waals surface area contributed by atoms with Crippen LogP contribution < -0.4 is 10.9 Å². The van der Waals surface area contributed by atoms with Crippen LogP contribution in [0.15, 0.2) is 47.3 Å². The van der Waals surface area contributed by atoms with E-state index in [1.807, 2.05) is 44.2 Å². The highest BCUT2D eigenvalue weighted by atomic mass is 16.2. The van der Waals surface area contributed by atoms with Crippen LogP contribution in [-0.2, 0) is 19.4 Å². The molecular formula is C23H26N4O2. The molecule has 1 amide bonds. The lowest BCUT2D eigenvalue weighted by Gasteiger charge is -2.27. The molecule has 0 atom stereocenters. The predicted molar refractivity (Wildman–Crippen MR) is 114 cm³/mol. The SMILES string of the molecule is CC(C)N(Cc1nc2ccccc2c(=O)[nH]1)C(=O)c1ccc2c(c1)CCNCC2. The summed E-state index contributed by atoms with van der Waals surface area (Å²) in [6.45, 7) is 6.12. The number of hydrogen-bond donors (Lipinski definition) is 2. The van der Waals surface area contributed by atoms with E-state index >= 15 is 0 Å². The van der Waals surface area contributed by atoms with Crippen molar-refractivity contribution in [2.24, 2.45) is 0 Å². The van der Waals surface area contributed by atoms with Gasteiger partial charge in [-0.15, -0.1) is 0 Å². The highest BCUT2D eigenvalue weighted by Crippen LogP contribution is 2.19. The summed E-state index contributed by atoms with van der Waals surface area (Å²) < 4.78 is 0. The maximum atomic E-state index is 13.3. The first-order chi connectivity index (χ1) is 14.0. The average molecular weight is 390 g/mol. The molecule has 0 radical (unpaired) electrons. The van der Waals surface area contributed by atoms with Gasteiger partial charge in [-0.3, -0.25) is 9.59 Å². The predicted octanol–water partition coefficient (Wildman–Crippen LogP) is 2.66. The van der Waals surface area contributed by atoms with E-state index in [2.05, 4.69) is 21.4 Å². The van der Waals surface area contributed by atoms with Crippen LogP contribution in [0.1, 0.15) is 41.2 Å². The fourth-order valence-electron chi connectivity index (χ4n) is 3.83. The molecule has 0 saturated carbocycles. The van der Waals surface area contributed by atoms with Crippen LogP contribution in [0.2, 0.25) is 0 Å². The van der Waals surface area contributed by atoms with Gasteiger partial charge in [-0.05, 0) is 75.2 Å². The fraction of sp³-hybridized carbons (Fsp3) is 0.348. The summed E-state index contributed by atoms with van der Waals surface area (Å²) in [4.78, 5) is 34.8. The molecule has 0 spiro atoms. The van der Waals surface area contributed by atoms with E-state index in [0.29, 0.717) is 22.3 Å². The van der Waals surface area contributed by atoms with Crippen LogP contribution in [0.25, 0.3) is 10.9 Å². The summed E-state index contributed by atoms with van der Waals surface area (Å²) in [5.41, 5.74) is 3.69. The number of carbonyl (C=O) groups is 1. The van der Waals surface area contributed by atoms with Crippen LogP contribution in [0.5, 0.6) is 0 Å². The van der Waals surface area contributed by atoms with Crippen LogP contribution in [-0.4, -0.2) is 39.9 Å². The van der Waals surface area contributed by atoms with Gasteiger partial charge in [0.2, 0.25) is 0 Å². The minimum Gasteiger partial charge on any atom is -0.329 e. The van der Waals surface area contributed by atoms with Crippen molar-refractivity contribution >= 4 is 16.8 Å². The fourth-order valence-corrected chi connectivity index (χ4v) is 3.83. The van der Waals surface area contributed by atoms with Gasteiger partial charge >= 0.3 is 0 Å². The lowest BCUT2D eigenvalue weighted by atomic mass is 9.99.